The zero-order valence-corrected chi connectivity index (χ0v) is 14.3. The molecule has 4 nitrogen and oxygen atoms in total. The zero-order valence-electron chi connectivity index (χ0n) is 13.5. The SMILES string of the molecule is CCC(CC)C(=O)N1CCc2noc(-c3ccc(Cl)cc3)c2C1. The van der Waals surface area contributed by atoms with Gasteiger partial charge in [0.15, 0.2) is 5.76 Å². The van der Waals surface area contributed by atoms with Gasteiger partial charge in [0.05, 0.1) is 12.2 Å². The van der Waals surface area contributed by atoms with Gasteiger partial charge in [-0.15, -0.1) is 0 Å². The van der Waals surface area contributed by atoms with Gasteiger partial charge in [0.25, 0.3) is 0 Å². The Morgan fingerprint density at radius 3 is 2.65 bits per heavy atom. The highest BCUT2D eigenvalue weighted by atomic mass is 35.5. The predicted octanol–water partition coefficient (Wildman–Crippen LogP) is 4.32. The lowest BCUT2D eigenvalue weighted by molar-refractivity contribution is -0.136. The Morgan fingerprint density at radius 1 is 1.30 bits per heavy atom. The van der Waals surface area contributed by atoms with Crippen LogP contribution in [-0.4, -0.2) is 22.5 Å². The molecule has 122 valence electrons. The van der Waals surface area contributed by atoms with E-state index >= 15 is 0 Å². The zero-order chi connectivity index (χ0) is 16.4. The molecule has 0 N–H and O–H groups in total. The normalized spacial score (nSPS) is 14.2. The van der Waals surface area contributed by atoms with Gasteiger partial charge in [0.2, 0.25) is 5.91 Å². The fourth-order valence-electron chi connectivity index (χ4n) is 3.12. The molecule has 2 heterocycles. The van der Waals surface area contributed by atoms with Crippen molar-refractivity contribution in [1.29, 1.82) is 0 Å². The topological polar surface area (TPSA) is 46.3 Å². The van der Waals surface area contributed by atoms with Crippen LogP contribution in [0.2, 0.25) is 5.02 Å². The summed E-state index contributed by atoms with van der Waals surface area (Å²) >= 11 is 5.95. The molecular formula is C18H21ClN2O2. The summed E-state index contributed by atoms with van der Waals surface area (Å²) < 4.78 is 5.55. The van der Waals surface area contributed by atoms with Crippen molar-refractivity contribution in [2.45, 2.75) is 39.7 Å². The van der Waals surface area contributed by atoms with Crippen molar-refractivity contribution < 1.29 is 9.32 Å². The van der Waals surface area contributed by atoms with E-state index in [-0.39, 0.29) is 11.8 Å². The lowest BCUT2D eigenvalue weighted by Gasteiger charge is -2.29. The number of amides is 1. The van der Waals surface area contributed by atoms with Gasteiger partial charge in [0.1, 0.15) is 0 Å². The van der Waals surface area contributed by atoms with E-state index in [0.717, 1.165) is 48.4 Å². The molecule has 1 aromatic heterocycles. The fraction of sp³-hybridized carbons (Fsp3) is 0.444. The molecule has 23 heavy (non-hydrogen) atoms. The number of carbonyl (C=O) groups is 1. The van der Waals surface area contributed by atoms with E-state index in [1.165, 1.54) is 0 Å². The van der Waals surface area contributed by atoms with Crippen LogP contribution in [0.4, 0.5) is 0 Å². The monoisotopic (exact) mass is 332 g/mol. The first-order valence-corrected chi connectivity index (χ1v) is 8.54. The third kappa shape index (κ3) is 3.13. The third-order valence-corrected chi connectivity index (χ3v) is 4.84. The lowest BCUT2D eigenvalue weighted by Crippen LogP contribution is -2.39. The number of rotatable bonds is 4. The molecule has 0 spiro atoms. The van der Waals surface area contributed by atoms with E-state index in [9.17, 15) is 4.79 Å². The summed E-state index contributed by atoms with van der Waals surface area (Å²) in [6.45, 7) is 5.43. The van der Waals surface area contributed by atoms with Gasteiger partial charge in [-0.1, -0.05) is 30.6 Å². The van der Waals surface area contributed by atoms with Gasteiger partial charge in [-0.3, -0.25) is 4.79 Å². The number of hydrogen-bond acceptors (Lipinski definition) is 3. The van der Waals surface area contributed by atoms with Crippen molar-refractivity contribution in [2.24, 2.45) is 5.92 Å². The van der Waals surface area contributed by atoms with Crippen LogP contribution in [-0.2, 0) is 17.8 Å². The Morgan fingerprint density at radius 2 is 2.00 bits per heavy atom. The summed E-state index contributed by atoms with van der Waals surface area (Å²) in [6.07, 6.45) is 2.51. The molecule has 1 amide bonds. The van der Waals surface area contributed by atoms with Crippen molar-refractivity contribution in [3.63, 3.8) is 0 Å². The second kappa shape index (κ2) is 6.75. The number of hydrogen-bond donors (Lipinski definition) is 0. The fourth-order valence-corrected chi connectivity index (χ4v) is 3.25. The average Bonchev–Trinajstić information content (AvgIpc) is 2.99. The van der Waals surface area contributed by atoms with Crippen molar-refractivity contribution in [1.82, 2.24) is 10.1 Å². The Hall–Kier alpha value is -1.81. The van der Waals surface area contributed by atoms with Gasteiger partial charge in [-0.05, 0) is 37.1 Å². The van der Waals surface area contributed by atoms with Gasteiger partial charge in [-0.2, -0.15) is 0 Å². The first-order chi connectivity index (χ1) is 11.1. The van der Waals surface area contributed by atoms with Crippen LogP contribution in [0.15, 0.2) is 28.8 Å². The van der Waals surface area contributed by atoms with E-state index in [1.807, 2.05) is 29.2 Å². The molecule has 5 heteroatoms. The Balaban J connectivity index is 1.87. The first kappa shape index (κ1) is 16.1. The minimum Gasteiger partial charge on any atom is -0.356 e. The largest absolute Gasteiger partial charge is 0.356 e. The number of carbonyl (C=O) groups excluding carboxylic acids is 1. The molecule has 1 aromatic carbocycles. The molecule has 0 fully saturated rings. The Labute approximate surface area is 141 Å². The molecule has 3 rings (SSSR count). The number of benzene rings is 1. The molecular weight excluding hydrogens is 312 g/mol. The van der Waals surface area contributed by atoms with Crippen LogP contribution in [0.1, 0.15) is 37.9 Å². The van der Waals surface area contributed by atoms with Gasteiger partial charge >= 0.3 is 0 Å². The highest BCUT2D eigenvalue weighted by Crippen LogP contribution is 2.31. The van der Waals surface area contributed by atoms with Crippen LogP contribution in [0.5, 0.6) is 0 Å². The summed E-state index contributed by atoms with van der Waals surface area (Å²) in [4.78, 5) is 14.6. The number of nitrogens with zero attached hydrogens (tertiary/aromatic N) is 2. The second-order valence-corrected chi connectivity index (χ2v) is 6.40. The maximum absolute atomic E-state index is 12.6. The number of fused-ring (bicyclic) bond motifs is 1. The summed E-state index contributed by atoms with van der Waals surface area (Å²) in [6, 6.07) is 7.51. The van der Waals surface area contributed by atoms with E-state index < -0.39 is 0 Å². The van der Waals surface area contributed by atoms with Gasteiger partial charge in [0, 0.05) is 35.0 Å². The summed E-state index contributed by atoms with van der Waals surface area (Å²) in [5.74, 6) is 1.10. The number of halogens is 1. The molecule has 1 aliphatic rings. The van der Waals surface area contributed by atoms with Crippen LogP contribution >= 0.6 is 11.6 Å². The molecule has 0 saturated heterocycles. The minimum absolute atomic E-state index is 0.107. The number of aromatic nitrogens is 1. The molecule has 1 aliphatic heterocycles. The summed E-state index contributed by atoms with van der Waals surface area (Å²) in [5.41, 5.74) is 2.93. The summed E-state index contributed by atoms with van der Waals surface area (Å²) in [5, 5.41) is 4.88. The standard InChI is InChI=1S/C18H21ClN2O2/c1-3-12(4-2)18(22)21-10-9-16-15(11-21)17(23-20-16)13-5-7-14(19)8-6-13/h5-8,12H,3-4,9-11H2,1-2H3. The Bertz CT molecular complexity index is 690. The molecule has 0 aliphatic carbocycles. The molecule has 0 saturated carbocycles. The quantitative estimate of drug-likeness (QED) is 0.837. The van der Waals surface area contributed by atoms with Gasteiger partial charge in [-0.25, -0.2) is 0 Å². The van der Waals surface area contributed by atoms with Crippen molar-refractivity contribution in [2.75, 3.05) is 6.54 Å². The van der Waals surface area contributed by atoms with Crippen LogP contribution in [0.25, 0.3) is 11.3 Å². The Kier molecular flexibility index (Phi) is 4.71. The van der Waals surface area contributed by atoms with Crippen molar-refractivity contribution in [3.8, 4) is 11.3 Å². The highest BCUT2D eigenvalue weighted by molar-refractivity contribution is 6.30. The summed E-state index contributed by atoms with van der Waals surface area (Å²) in [7, 11) is 0. The molecule has 0 bridgehead atoms. The van der Waals surface area contributed by atoms with Crippen molar-refractivity contribution >= 4 is 17.5 Å². The maximum Gasteiger partial charge on any atom is 0.225 e. The molecule has 0 atom stereocenters. The minimum atomic E-state index is 0.107. The highest BCUT2D eigenvalue weighted by Gasteiger charge is 2.29. The van der Waals surface area contributed by atoms with Crippen LogP contribution in [0, 0.1) is 5.92 Å². The molecule has 0 radical (unpaired) electrons. The average molecular weight is 333 g/mol. The van der Waals surface area contributed by atoms with Crippen molar-refractivity contribution in [3.05, 3.63) is 40.5 Å². The lowest BCUT2D eigenvalue weighted by atomic mass is 9.97. The third-order valence-electron chi connectivity index (χ3n) is 4.59. The van der Waals surface area contributed by atoms with E-state index in [1.54, 1.807) is 0 Å². The maximum atomic E-state index is 12.6. The first-order valence-electron chi connectivity index (χ1n) is 8.16. The van der Waals surface area contributed by atoms with Gasteiger partial charge < -0.3 is 9.42 Å². The smallest absolute Gasteiger partial charge is 0.225 e. The molecule has 0 unspecified atom stereocenters. The second-order valence-electron chi connectivity index (χ2n) is 5.97. The van der Waals surface area contributed by atoms with Crippen LogP contribution < -0.4 is 0 Å². The van der Waals surface area contributed by atoms with E-state index in [4.69, 9.17) is 16.1 Å². The molecule has 2 aromatic rings. The predicted molar refractivity (Wildman–Crippen MR) is 90.1 cm³/mol. The van der Waals surface area contributed by atoms with E-state index in [2.05, 4.69) is 19.0 Å². The van der Waals surface area contributed by atoms with E-state index in [0.29, 0.717) is 11.6 Å². The van der Waals surface area contributed by atoms with Crippen LogP contribution in [0.3, 0.4) is 0 Å².